The first kappa shape index (κ1) is 28.9. The third kappa shape index (κ3) is 8.97. The number of carboxylic acid groups (broad SMARTS) is 1. The normalized spacial score (nSPS) is 13.9. The number of aromatic nitrogens is 2. The van der Waals surface area contributed by atoms with Crippen LogP contribution in [-0.4, -0.2) is 68.0 Å². The van der Waals surface area contributed by atoms with Gasteiger partial charge in [0.05, 0.1) is 12.4 Å². The molecule has 0 saturated heterocycles. The Morgan fingerprint density at radius 3 is 2.10 bits per heavy atom. The van der Waals surface area contributed by atoms with Crippen LogP contribution in [-0.2, 0) is 38.4 Å². The van der Waals surface area contributed by atoms with Crippen LogP contribution in [0, 0.1) is 0 Å². The molecule has 1 heterocycles. The van der Waals surface area contributed by atoms with Crippen LogP contribution < -0.4 is 21.7 Å². The molecule has 12 nitrogen and oxygen atoms in total. The van der Waals surface area contributed by atoms with E-state index in [1.807, 2.05) is 30.3 Å². The van der Waals surface area contributed by atoms with Crippen molar-refractivity contribution in [2.75, 3.05) is 0 Å². The predicted octanol–water partition coefficient (Wildman–Crippen LogP) is 0.0294. The molecule has 39 heavy (non-hydrogen) atoms. The Morgan fingerprint density at radius 1 is 0.846 bits per heavy atom. The fraction of sp³-hybridized carbons (Fsp3) is 0.296. The van der Waals surface area contributed by atoms with E-state index in [9.17, 15) is 29.4 Å². The van der Waals surface area contributed by atoms with Gasteiger partial charge in [-0.25, -0.2) is 9.78 Å². The molecule has 0 saturated carbocycles. The lowest BCUT2D eigenvalue weighted by atomic mass is 10.0. The van der Waals surface area contributed by atoms with Gasteiger partial charge in [0.25, 0.3) is 0 Å². The fourth-order valence-corrected chi connectivity index (χ4v) is 3.81. The second-order valence-electron chi connectivity index (χ2n) is 9.14. The van der Waals surface area contributed by atoms with Gasteiger partial charge in [0, 0.05) is 24.7 Å². The number of aliphatic carboxylic acids is 1. The summed E-state index contributed by atoms with van der Waals surface area (Å²) in [5.41, 5.74) is 7.99. The van der Waals surface area contributed by atoms with Gasteiger partial charge in [0.1, 0.15) is 23.9 Å². The molecule has 0 aliphatic heterocycles. The largest absolute Gasteiger partial charge is 0.508 e. The molecular formula is C27H32N6O6. The van der Waals surface area contributed by atoms with Crippen molar-refractivity contribution in [2.45, 2.75) is 50.4 Å². The van der Waals surface area contributed by atoms with Crippen LogP contribution in [0.3, 0.4) is 0 Å². The van der Waals surface area contributed by atoms with E-state index in [0.717, 1.165) is 5.56 Å². The van der Waals surface area contributed by atoms with Crippen LogP contribution >= 0.6 is 0 Å². The molecule has 0 radical (unpaired) electrons. The van der Waals surface area contributed by atoms with Crippen LogP contribution in [0.5, 0.6) is 5.75 Å². The number of carbonyl (C=O) groups is 4. The highest BCUT2D eigenvalue weighted by Gasteiger charge is 2.29. The number of aromatic hydroxyl groups is 1. The van der Waals surface area contributed by atoms with Crippen LogP contribution in [0.2, 0.25) is 0 Å². The van der Waals surface area contributed by atoms with Crippen molar-refractivity contribution in [1.82, 2.24) is 25.9 Å². The molecule has 0 aliphatic carbocycles. The van der Waals surface area contributed by atoms with E-state index in [-0.39, 0.29) is 25.0 Å². The molecule has 0 bridgehead atoms. The Balaban J connectivity index is 1.67. The lowest BCUT2D eigenvalue weighted by Crippen LogP contribution is -2.57. The first-order chi connectivity index (χ1) is 18.6. The lowest BCUT2D eigenvalue weighted by molar-refractivity contribution is -0.142. The number of nitrogens with zero attached hydrogens (tertiary/aromatic N) is 1. The molecule has 0 fully saturated rings. The maximum Gasteiger partial charge on any atom is 0.326 e. The number of aromatic amines is 1. The number of nitrogens with two attached hydrogens (primary N) is 1. The molecule has 12 heteroatoms. The van der Waals surface area contributed by atoms with Crippen molar-refractivity contribution >= 4 is 23.7 Å². The summed E-state index contributed by atoms with van der Waals surface area (Å²) in [4.78, 5) is 57.2. The molecule has 0 spiro atoms. The minimum Gasteiger partial charge on any atom is -0.508 e. The van der Waals surface area contributed by atoms with E-state index in [0.29, 0.717) is 11.3 Å². The van der Waals surface area contributed by atoms with E-state index in [1.165, 1.54) is 31.6 Å². The number of hydrogen-bond donors (Lipinski definition) is 7. The van der Waals surface area contributed by atoms with Crippen LogP contribution in [0.25, 0.3) is 0 Å². The number of nitrogens with one attached hydrogen (secondary N) is 4. The van der Waals surface area contributed by atoms with Crippen LogP contribution in [0.4, 0.5) is 0 Å². The highest BCUT2D eigenvalue weighted by atomic mass is 16.4. The monoisotopic (exact) mass is 536 g/mol. The topological polar surface area (TPSA) is 200 Å². The summed E-state index contributed by atoms with van der Waals surface area (Å²) < 4.78 is 0. The zero-order valence-corrected chi connectivity index (χ0v) is 21.3. The number of hydrogen-bond acceptors (Lipinski definition) is 7. The average molecular weight is 537 g/mol. The third-order valence-corrected chi connectivity index (χ3v) is 5.99. The second-order valence-corrected chi connectivity index (χ2v) is 9.14. The molecule has 8 N–H and O–H groups in total. The van der Waals surface area contributed by atoms with Gasteiger partial charge in [0.15, 0.2) is 0 Å². The fourth-order valence-electron chi connectivity index (χ4n) is 3.81. The highest BCUT2D eigenvalue weighted by Crippen LogP contribution is 2.12. The zero-order valence-electron chi connectivity index (χ0n) is 21.3. The molecule has 0 aliphatic rings. The van der Waals surface area contributed by atoms with E-state index < -0.39 is 47.9 Å². The third-order valence-electron chi connectivity index (χ3n) is 5.99. The van der Waals surface area contributed by atoms with Gasteiger partial charge in [0.2, 0.25) is 17.7 Å². The van der Waals surface area contributed by atoms with Crippen LogP contribution in [0.1, 0.15) is 23.7 Å². The molecule has 1 aromatic heterocycles. The summed E-state index contributed by atoms with van der Waals surface area (Å²) in [5.74, 6) is -3.16. The van der Waals surface area contributed by atoms with Crippen molar-refractivity contribution in [3.05, 3.63) is 83.9 Å². The smallest absolute Gasteiger partial charge is 0.326 e. The van der Waals surface area contributed by atoms with Gasteiger partial charge >= 0.3 is 5.97 Å². The van der Waals surface area contributed by atoms with Crippen molar-refractivity contribution in [3.63, 3.8) is 0 Å². The Bertz CT molecular complexity index is 1250. The molecule has 4 unspecified atom stereocenters. The van der Waals surface area contributed by atoms with Gasteiger partial charge in [-0.2, -0.15) is 0 Å². The quantitative estimate of drug-likeness (QED) is 0.159. The first-order valence-electron chi connectivity index (χ1n) is 12.3. The van der Waals surface area contributed by atoms with Gasteiger partial charge in [-0.15, -0.1) is 0 Å². The number of carbonyl (C=O) groups excluding carboxylic acids is 3. The van der Waals surface area contributed by atoms with E-state index in [4.69, 9.17) is 5.73 Å². The van der Waals surface area contributed by atoms with Gasteiger partial charge in [-0.05, 0) is 36.6 Å². The number of imidazole rings is 1. The number of phenolic OH excluding ortho intramolecular Hbond substituents is 1. The summed E-state index contributed by atoms with van der Waals surface area (Å²) in [7, 11) is 0. The highest BCUT2D eigenvalue weighted by molar-refractivity contribution is 5.94. The SMILES string of the molecule is CC(NC(=O)C(N)Cc1ccccc1)C(=O)NC(Cc1ccc(O)cc1)C(=O)NC(Cc1cnc[nH]1)C(=O)O. The molecule has 4 atom stereocenters. The Morgan fingerprint density at radius 2 is 1.49 bits per heavy atom. The molecule has 3 aromatic rings. The Hall–Kier alpha value is -4.71. The lowest BCUT2D eigenvalue weighted by Gasteiger charge is -2.24. The molecule has 2 aromatic carbocycles. The summed E-state index contributed by atoms with van der Waals surface area (Å²) >= 11 is 0. The number of amides is 3. The standard InChI is InChI=1S/C27H32N6O6/c1-16(31-25(36)21(28)11-17-5-3-2-4-6-17)24(35)32-22(12-18-7-9-20(34)10-8-18)26(37)33-23(27(38)39)13-19-14-29-15-30-19/h2-10,14-16,21-23,34H,11-13,28H2,1H3,(H,29,30)(H,31,36)(H,32,35)(H,33,37)(H,38,39). The summed E-state index contributed by atoms with van der Waals surface area (Å²) in [6.07, 6.45) is 3.07. The van der Waals surface area contributed by atoms with E-state index in [2.05, 4.69) is 25.9 Å². The first-order valence-corrected chi connectivity index (χ1v) is 12.3. The maximum absolute atomic E-state index is 13.2. The summed E-state index contributed by atoms with van der Waals surface area (Å²) in [5, 5.41) is 26.8. The minimum atomic E-state index is -1.29. The second kappa shape index (κ2) is 13.7. The minimum absolute atomic E-state index is 0.00242. The van der Waals surface area contributed by atoms with Crippen molar-refractivity contribution < 1.29 is 29.4 Å². The number of benzene rings is 2. The molecule has 3 amide bonds. The number of rotatable bonds is 13. The number of phenols is 1. The zero-order chi connectivity index (χ0) is 28.4. The van der Waals surface area contributed by atoms with Crippen molar-refractivity contribution in [1.29, 1.82) is 0 Å². The maximum atomic E-state index is 13.2. The summed E-state index contributed by atoms with van der Waals surface area (Å²) in [6, 6.07) is 10.8. The molecule has 206 valence electrons. The van der Waals surface area contributed by atoms with Crippen LogP contribution in [0.15, 0.2) is 67.1 Å². The van der Waals surface area contributed by atoms with E-state index >= 15 is 0 Å². The Kier molecular flexibility index (Phi) is 10.2. The van der Waals surface area contributed by atoms with Gasteiger partial charge in [-0.3, -0.25) is 14.4 Å². The van der Waals surface area contributed by atoms with Crippen molar-refractivity contribution in [3.8, 4) is 5.75 Å². The molecule has 3 rings (SSSR count). The van der Waals surface area contributed by atoms with E-state index in [1.54, 1.807) is 12.1 Å². The summed E-state index contributed by atoms with van der Waals surface area (Å²) in [6.45, 7) is 1.45. The number of H-pyrrole nitrogens is 1. The van der Waals surface area contributed by atoms with Gasteiger partial charge in [-0.1, -0.05) is 42.5 Å². The van der Waals surface area contributed by atoms with Gasteiger partial charge < -0.3 is 36.9 Å². The van der Waals surface area contributed by atoms with Crippen molar-refractivity contribution in [2.24, 2.45) is 5.73 Å². The predicted molar refractivity (Wildman–Crippen MR) is 141 cm³/mol. The number of carboxylic acids is 1. The molecular weight excluding hydrogens is 504 g/mol. The Labute approximate surface area is 225 Å². The average Bonchev–Trinajstić information content (AvgIpc) is 3.42.